The number of nitrogen functional groups attached to an aromatic ring is 1. The Balaban J connectivity index is 1.90. The molecule has 3 rings (SSSR count). The highest BCUT2D eigenvalue weighted by Crippen LogP contribution is 2.49. The van der Waals surface area contributed by atoms with Crippen LogP contribution in [0.4, 0.5) is 11.5 Å². The Bertz CT molecular complexity index is 800. The number of nitrogens with two attached hydrogens (primary N) is 1. The number of H-pyrrole nitrogens is 1. The van der Waals surface area contributed by atoms with Gasteiger partial charge in [0.05, 0.1) is 6.61 Å². The van der Waals surface area contributed by atoms with E-state index in [0.717, 1.165) is 12.3 Å². The van der Waals surface area contributed by atoms with Crippen molar-refractivity contribution in [1.82, 2.24) is 9.55 Å². The smallest absolute Gasteiger partial charge is 0.330 e. The number of hydrogen-bond acceptors (Lipinski definition) is 5. The molecule has 3 atom stereocenters. The molecule has 1 aromatic heterocycles. The average Bonchev–Trinajstić information content (AvgIpc) is 3.24. The van der Waals surface area contributed by atoms with Crippen molar-refractivity contribution in [3.63, 3.8) is 0 Å². The Morgan fingerprint density at radius 3 is 2.70 bits per heavy atom. The van der Waals surface area contributed by atoms with E-state index in [2.05, 4.69) is 4.98 Å². The Hall–Kier alpha value is -2.09. The standard InChI is InChI=1S/C19H30N4O4/c1-3-6-23-17(20)16(18(25)21-19(23)26)22(7-8-27-2)15(24)11-14-10-12-4-5-13(14)9-12/h12-14H,3-11,20H2,1-2H3,(H,21,25,26)/t12-,13-,14+/m1/s1. The Labute approximate surface area is 158 Å². The van der Waals surface area contributed by atoms with Gasteiger partial charge in [-0.15, -0.1) is 0 Å². The summed E-state index contributed by atoms with van der Waals surface area (Å²) in [5.41, 5.74) is 5.05. The molecule has 2 fully saturated rings. The third-order valence-corrected chi connectivity index (χ3v) is 6.07. The SMILES string of the molecule is CCCn1c(N)c(N(CCOC)C(=O)C[C@@H]2C[C@@H]3CC[C@@H]2C3)c(=O)[nH]c1=O. The summed E-state index contributed by atoms with van der Waals surface area (Å²) >= 11 is 0. The quantitative estimate of drug-likeness (QED) is 0.709. The second-order valence-electron chi connectivity index (χ2n) is 7.82. The number of nitrogens with zero attached hydrogens (tertiary/aromatic N) is 2. The highest BCUT2D eigenvalue weighted by molar-refractivity contribution is 5.95. The summed E-state index contributed by atoms with van der Waals surface area (Å²) in [7, 11) is 1.55. The van der Waals surface area contributed by atoms with Crippen LogP contribution in [0.2, 0.25) is 0 Å². The summed E-state index contributed by atoms with van der Waals surface area (Å²) in [4.78, 5) is 41.4. The van der Waals surface area contributed by atoms with Crippen molar-refractivity contribution in [2.24, 2.45) is 17.8 Å². The number of carbonyl (C=O) groups is 1. The molecule has 0 aromatic carbocycles. The lowest BCUT2D eigenvalue weighted by Gasteiger charge is -2.27. The lowest BCUT2D eigenvalue weighted by molar-refractivity contribution is -0.120. The topological polar surface area (TPSA) is 110 Å². The zero-order chi connectivity index (χ0) is 19.6. The molecule has 0 spiro atoms. The normalized spacial score (nSPS) is 23.7. The summed E-state index contributed by atoms with van der Waals surface area (Å²) in [6.45, 7) is 2.81. The fraction of sp³-hybridized carbons (Fsp3) is 0.737. The number of nitrogens with one attached hydrogen (secondary N) is 1. The molecule has 2 aliphatic rings. The number of ether oxygens (including phenoxy) is 1. The minimum atomic E-state index is -0.623. The monoisotopic (exact) mass is 378 g/mol. The first-order valence-corrected chi connectivity index (χ1v) is 9.88. The highest BCUT2D eigenvalue weighted by Gasteiger charge is 2.41. The van der Waals surface area contributed by atoms with Crippen LogP contribution in [-0.2, 0) is 16.1 Å². The van der Waals surface area contributed by atoms with Crippen LogP contribution in [-0.4, -0.2) is 35.7 Å². The molecule has 2 aliphatic carbocycles. The van der Waals surface area contributed by atoms with E-state index < -0.39 is 11.2 Å². The van der Waals surface area contributed by atoms with Gasteiger partial charge in [-0.1, -0.05) is 13.3 Å². The predicted molar refractivity (Wildman–Crippen MR) is 104 cm³/mol. The van der Waals surface area contributed by atoms with E-state index in [1.54, 1.807) is 7.11 Å². The number of anilines is 2. The second-order valence-corrected chi connectivity index (χ2v) is 7.82. The number of hydrogen-bond donors (Lipinski definition) is 2. The summed E-state index contributed by atoms with van der Waals surface area (Å²) in [5.74, 6) is 1.67. The van der Waals surface area contributed by atoms with E-state index in [1.165, 1.54) is 28.7 Å². The third kappa shape index (κ3) is 3.95. The van der Waals surface area contributed by atoms with Crippen molar-refractivity contribution in [2.45, 2.75) is 52.0 Å². The summed E-state index contributed by atoms with van der Waals surface area (Å²) < 4.78 is 6.45. The van der Waals surface area contributed by atoms with Crippen LogP contribution in [0.5, 0.6) is 0 Å². The number of amides is 1. The third-order valence-electron chi connectivity index (χ3n) is 6.07. The van der Waals surface area contributed by atoms with E-state index in [0.29, 0.717) is 31.2 Å². The lowest BCUT2D eigenvalue weighted by atomic mass is 9.86. The first-order valence-electron chi connectivity index (χ1n) is 9.88. The van der Waals surface area contributed by atoms with Crippen molar-refractivity contribution in [2.75, 3.05) is 30.9 Å². The molecular formula is C19H30N4O4. The maximum atomic E-state index is 13.1. The van der Waals surface area contributed by atoms with Crippen molar-refractivity contribution in [1.29, 1.82) is 0 Å². The van der Waals surface area contributed by atoms with Crippen LogP contribution in [0.15, 0.2) is 9.59 Å². The molecule has 1 heterocycles. The minimum Gasteiger partial charge on any atom is -0.383 e. The van der Waals surface area contributed by atoms with Gasteiger partial charge in [0.1, 0.15) is 5.82 Å². The largest absolute Gasteiger partial charge is 0.383 e. The zero-order valence-corrected chi connectivity index (χ0v) is 16.2. The minimum absolute atomic E-state index is 0.0444. The molecule has 8 heteroatoms. The molecule has 27 heavy (non-hydrogen) atoms. The van der Waals surface area contributed by atoms with Gasteiger partial charge >= 0.3 is 5.69 Å². The first-order chi connectivity index (χ1) is 13.0. The second kappa shape index (κ2) is 8.29. The van der Waals surface area contributed by atoms with E-state index in [9.17, 15) is 14.4 Å². The maximum Gasteiger partial charge on any atom is 0.330 e. The van der Waals surface area contributed by atoms with Gasteiger partial charge in [0.25, 0.3) is 5.56 Å². The van der Waals surface area contributed by atoms with Gasteiger partial charge in [0.2, 0.25) is 5.91 Å². The molecule has 1 aromatic rings. The van der Waals surface area contributed by atoms with Crippen LogP contribution in [0.3, 0.4) is 0 Å². The van der Waals surface area contributed by atoms with Gasteiger partial charge in [-0.2, -0.15) is 0 Å². The van der Waals surface area contributed by atoms with Gasteiger partial charge in [-0.05, 0) is 43.4 Å². The Kier molecular flexibility index (Phi) is 6.04. The fourth-order valence-electron chi connectivity index (χ4n) is 4.79. The molecule has 0 aliphatic heterocycles. The van der Waals surface area contributed by atoms with Crippen molar-refractivity contribution < 1.29 is 9.53 Å². The highest BCUT2D eigenvalue weighted by atomic mass is 16.5. The molecule has 8 nitrogen and oxygen atoms in total. The molecule has 150 valence electrons. The number of aromatic amines is 1. The molecular weight excluding hydrogens is 348 g/mol. The van der Waals surface area contributed by atoms with Crippen LogP contribution in [0.25, 0.3) is 0 Å². The van der Waals surface area contributed by atoms with Gasteiger partial charge in [0.15, 0.2) is 5.69 Å². The van der Waals surface area contributed by atoms with Crippen molar-refractivity contribution >= 4 is 17.4 Å². The van der Waals surface area contributed by atoms with E-state index in [-0.39, 0.29) is 30.6 Å². The number of fused-ring (bicyclic) bond motifs is 2. The van der Waals surface area contributed by atoms with Crippen molar-refractivity contribution in [3.05, 3.63) is 20.8 Å². The van der Waals surface area contributed by atoms with E-state index in [4.69, 9.17) is 10.5 Å². The number of aromatic nitrogens is 2. The number of carbonyl (C=O) groups excluding carboxylic acids is 1. The van der Waals surface area contributed by atoms with Gasteiger partial charge in [0, 0.05) is 26.6 Å². The van der Waals surface area contributed by atoms with Crippen LogP contribution < -0.4 is 21.9 Å². The molecule has 0 saturated heterocycles. The lowest BCUT2D eigenvalue weighted by Crippen LogP contribution is -2.43. The summed E-state index contributed by atoms with van der Waals surface area (Å²) in [6.07, 6.45) is 5.89. The Morgan fingerprint density at radius 2 is 2.11 bits per heavy atom. The first kappa shape index (κ1) is 19.7. The van der Waals surface area contributed by atoms with E-state index in [1.807, 2.05) is 6.92 Å². The maximum absolute atomic E-state index is 13.1. The van der Waals surface area contributed by atoms with E-state index >= 15 is 0 Å². The Morgan fingerprint density at radius 1 is 1.33 bits per heavy atom. The zero-order valence-electron chi connectivity index (χ0n) is 16.2. The van der Waals surface area contributed by atoms with Gasteiger partial charge in [-0.3, -0.25) is 19.1 Å². The molecule has 2 saturated carbocycles. The molecule has 1 amide bonds. The van der Waals surface area contributed by atoms with Crippen LogP contribution >= 0.6 is 0 Å². The predicted octanol–water partition coefficient (Wildman–Crippen LogP) is 1.33. The number of rotatable bonds is 8. The molecule has 0 unspecified atom stereocenters. The van der Waals surface area contributed by atoms with Gasteiger partial charge < -0.3 is 15.4 Å². The van der Waals surface area contributed by atoms with Crippen LogP contribution in [0, 0.1) is 17.8 Å². The average molecular weight is 378 g/mol. The summed E-state index contributed by atoms with van der Waals surface area (Å²) in [5, 5.41) is 0. The van der Waals surface area contributed by atoms with Gasteiger partial charge in [-0.25, -0.2) is 4.79 Å². The van der Waals surface area contributed by atoms with Crippen molar-refractivity contribution in [3.8, 4) is 0 Å². The fourth-order valence-corrected chi connectivity index (χ4v) is 4.79. The number of methoxy groups -OCH3 is 1. The summed E-state index contributed by atoms with van der Waals surface area (Å²) in [6, 6.07) is 0. The van der Waals surface area contributed by atoms with Crippen LogP contribution in [0.1, 0.15) is 45.4 Å². The molecule has 2 bridgehead atoms. The molecule has 3 N–H and O–H groups in total. The molecule has 0 radical (unpaired) electrons.